The first-order valence-electron chi connectivity index (χ1n) is 7.50. The minimum absolute atomic E-state index is 0.677. The van der Waals surface area contributed by atoms with Crippen LogP contribution in [0.25, 0.3) is 11.3 Å². The smallest absolute Gasteiger partial charge is 0.161 e. The van der Waals surface area contributed by atoms with Gasteiger partial charge in [0, 0.05) is 18.5 Å². The molecule has 1 aromatic heterocycles. The molecule has 2 N–H and O–H groups in total. The zero-order chi connectivity index (χ0) is 14.7. The third-order valence-corrected chi connectivity index (χ3v) is 3.65. The van der Waals surface area contributed by atoms with E-state index in [1.165, 1.54) is 0 Å². The van der Waals surface area contributed by atoms with Gasteiger partial charge >= 0.3 is 0 Å². The second-order valence-electron chi connectivity index (χ2n) is 5.24. The molecular formula is C16H21N3O2. The number of hydrogen-bond acceptors (Lipinski definition) is 4. The number of benzene rings is 1. The summed E-state index contributed by atoms with van der Waals surface area (Å²) in [4.78, 5) is 4.45. The van der Waals surface area contributed by atoms with Gasteiger partial charge in [-0.1, -0.05) is 13.3 Å². The number of fused-ring (bicyclic) bond motifs is 1. The van der Waals surface area contributed by atoms with Gasteiger partial charge in [0.15, 0.2) is 11.5 Å². The number of unbranched alkanes of at least 4 members (excludes halogenated alkanes) is 1. The molecule has 0 amide bonds. The zero-order valence-electron chi connectivity index (χ0n) is 12.3. The summed E-state index contributed by atoms with van der Waals surface area (Å²) in [5.41, 5.74) is 7.98. The largest absolute Gasteiger partial charge is 0.490 e. The third kappa shape index (κ3) is 2.82. The Labute approximate surface area is 124 Å². The fourth-order valence-electron chi connectivity index (χ4n) is 2.43. The summed E-state index contributed by atoms with van der Waals surface area (Å²) < 4.78 is 13.4. The van der Waals surface area contributed by atoms with Crippen LogP contribution < -0.4 is 15.2 Å². The summed E-state index contributed by atoms with van der Waals surface area (Å²) >= 11 is 0. The summed E-state index contributed by atoms with van der Waals surface area (Å²) in [6.07, 6.45) is 4.94. The number of imidazole rings is 1. The van der Waals surface area contributed by atoms with E-state index in [2.05, 4.69) is 11.9 Å². The molecule has 1 aliphatic heterocycles. The fourth-order valence-corrected chi connectivity index (χ4v) is 2.43. The van der Waals surface area contributed by atoms with E-state index in [4.69, 9.17) is 15.2 Å². The van der Waals surface area contributed by atoms with E-state index in [1.54, 1.807) is 0 Å². The van der Waals surface area contributed by atoms with Crippen LogP contribution in [0.15, 0.2) is 24.5 Å². The SMILES string of the molecule is CCCCn1cnc(-c2ccc3c(c2)OCCCO3)c1N. The van der Waals surface area contributed by atoms with Crippen LogP contribution >= 0.6 is 0 Å². The van der Waals surface area contributed by atoms with E-state index in [9.17, 15) is 0 Å². The molecule has 0 spiro atoms. The van der Waals surface area contributed by atoms with Crippen molar-refractivity contribution >= 4 is 5.82 Å². The fraction of sp³-hybridized carbons (Fsp3) is 0.438. The van der Waals surface area contributed by atoms with Crippen molar-refractivity contribution in [2.45, 2.75) is 32.7 Å². The molecular weight excluding hydrogens is 266 g/mol. The van der Waals surface area contributed by atoms with E-state index < -0.39 is 0 Å². The molecule has 0 aliphatic carbocycles. The van der Waals surface area contributed by atoms with Gasteiger partial charge in [0.2, 0.25) is 0 Å². The summed E-state index contributed by atoms with van der Waals surface area (Å²) in [5.74, 6) is 2.27. The van der Waals surface area contributed by atoms with Gasteiger partial charge < -0.3 is 19.8 Å². The Morgan fingerprint density at radius 2 is 2.05 bits per heavy atom. The molecule has 0 radical (unpaired) electrons. The summed E-state index contributed by atoms with van der Waals surface area (Å²) in [7, 11) is 0. The highest BCUT2D eigenvalue weighted by molar-refractivity contribution is 5.72. The predicted octanol–water partition coefficient (Wildman–Crippen LogP) is 3.09. The molecule has 2 aromatic rings. The monoisotopic (exact) mass is 287 g/mol. The summed E-state index contributed by atoms with van der Waals surface area (Å²) in [5, 5.41) is 0. The molecule has 112 valence electrons. The minimum Gasteiger partial charge on any atom is -0.490 e. The van der Waals surface area contributed by atoms with Crippen LogP contribution in [0.2, 0.25) is 0 Å². The second-order valence-corrected chi connectivity index (χ2v) is 5.24. The molecule has 0 fully saturated rings. The number of aryl methyl sites for hydroxylation is 1. The predicted molar refractivity (Wildman–Crippen MR) is 82.6 cm³/mol. The number of nitrogens with two attached hydrogens (primary N) is 1. The molecule has 5 heteroatoms. The highest BCUT2D eigenvalue weighted by atomic mass is 16.5. The molecule has 0 saturated carbocycles. The van der Waals surface area contributed by atoms with Crippen LogP contribution in [-0.2, 0) is 6.54 Å². The van der Waals surface area contributed by atoms with Crippen LogP contribution in [0.1, 0.15) is 26.2 Å². The molecule has 0 bridgehead atoms. The van der Waals surface area contributed by atoms with Crippen LogP contribution in [0, 0.1) is 0 Å². The van der Waals surface area contributed by atoms with Gasteiger partial charge in [0.05, 0.1) is 19.5 Å². The van der Waals surface area contributed by atoms with Gasteiger partial charge in [-0.2, -0.15) is 0 Å². The third-order valence-electron chi connectivity index (χ3n) is 3.65. The standard InChI is InChI=1S/C16H21N3O2/c1-2-3-7-19-11-18-15(16(19)17)12-5-6-13-14(10-12)21-9-4-8-20-13/h5-6,10-11H,2-4,7-9,17H2,1H3. The van der Waals surface area contributed by atoms with E-state index in [0.29, 0.717) is 19.0 Å². The number of aromatic nitrogens is 2. The van der Waals surface area contributed by atoms with Gasteiger partial charge in [-0.25, -0.2) is 4.98 Å². The Hall–Kier alpha value is -2.17. The molecule has 2 heterocycles. The van der Waals surface area contributed by atoms with Crippen molar-refractivity contribution in [1.82, 2.24) is 9.55 Å². The first-order valence-corrected chi connectivity index (χ1v) is 7.50. The van der Waals surface area contributed by atoms with Crippen LogP contribution in [0.5, 0.6) is 11.5 Å². The molecule has 3 rings (SSSR count). The molecule has 1 aliphatic rings. The maximum atomic E-state index is 6.21. The molecule has 5 nitrogen and oxygen atoms in total. The maximum absolute atomic E-state index is 6.21. The maximum Gasteiger partial charge on any atom is 0.161 e. The summed E-state index contributed by atoms with van der Waals surface area (Å²) in [6.45, 7) is 4.44. The first-order chi connectivity index (χ1) is 10.3. The number of rotatable bonds is 4. The summed E-state index contributed by atoms with van der Waals surface area (Å²) in [6, 6.07) is 5.88. The second kappa shape index (κ2) is 6.08. The Balaban J connectivity index is 1.90. The van der Waals surface area contributed by atoms with Gasteiger partial charge in [-0.15, -0.1) is 0 Å². The number of ether oxygens (including phenoxy) is 2. The molecule has 21 heavy (non-hydrogen) atoms. The average Bonchev–Trinajstić information content (AvgIpc) is 2.72. The molecule has 0 atom stereocenters. The average molecular weight is 287 g/mol. The van der Waals surface area contributed by atoms with Crippen molar-refractivity contribution in [3.05, 3.63) is 24.5 Å². The lowest BCUT2D eigenvalue weighted by atomic mass is 10.1. The number of anilines is 1. The number of nitrogen functional groups attached to an aromatic ring is 1. The van der Waals surface area contributed by atoms with Crippen molar-refractivity contribution in [2.24, 2.45) is 0 Å². The van der Waals surface area contributed by atoms with Crippen molar-refractivity contribution in [3.8, 4) is 22.8 Å². The van der Waals surface area contributed by atoms with Gasteiger partial charge in [-0.3, -0.25) is 0 Å². The van der Waals surface area contributed by atoms with Crippen molar-refractivity contribution in [2.75, 3.05) is 18.9 Å². The lowest BCUT2D eigenvalue weighted by Crippen LogP contribution is -2.02. The van der Waals surface area contributed by atoms with Crippen LogP contribution in [-0.4, -0.2) is 22.8 Å². The number of nitrogens with zero attached hydrogens (tertiary/aromatic N) is 2. The Kier molecular flexibility index (Phi) is 3.99. The Bertz CT molecular complexity index is 622. The normalized spacial score (nSPS) is 14.0. The van der Waals surface area contributed by atoms with Crippen molar-refractivity contribution in [3.63, 3.8) is 0 Å². The molecule has 0 unspecified atom stereocenters. The van der Waals surface area contributed by atoms with Crippen molar-refractivity contribution < 1.29 is 9.47 Å². The lowest BCUT2D eigenvalue weighted by Gasteiger charge is -2.09. The van der Waals surface area contributed by atoms with E-state index in [0.717, 1.165) is 48.6 Å². The van der Waals surface area contributed by atoms with Crippen molar-refractivity contribution in [1.29, 1.82) is 0 Å². The van der Waals surface area contributed by atoms with Crippen LogP contribution in [0.3, 0.4) is 0 Å². The lowest BCUT2D eigenvalue weighted by molar-refractivity contribution is 0.297. The highest BCUT2D eigenvalue weighted by Gasteiger charge is 2.15. The van der Waals surface area contributed by atoms with E-state index in [-0.39, 0.29) is 0 Å². The quantitative estimate of drug-likeness (QED) is 0.938. The topological polar surface area (TPSA) is 62.3 Å². The minimum atomic E-state index is 0.677. The Morgan fingerprint density at radius 3 is 2.86 bits per heavy atom. The van der Waals surface area contributed by atoms with Gasteiger partial charge in [0.25, 0.3) is 0 Å². The van der Waals surface area contributed by atoms with E-state index >= 15 is 0 Å². The highest BCUT2D eigenvalue weighted by Crippen LogP contribution is 2.35. The first kappa shape index (κ1) is 13.8. The van der Waals surface area contributed by atoms with Gasteiger partial charge in [0.1, 0.15) is 11.5 Å². The molecule has 0 saturated heterocycles. The zero-order valence-corrected chi connectivity index (χ0v) is 12.3. The van der Waals surface area contributed by atoms with Crippen LogP contribution in [0.4, 0.5) is 5.82 Å². The molecule has 1 aromatic carbocycles. The van der Waals surface area contributed by atoms with Gasteiger partial charge in [-0.05, 0) is 24.6 Å². The Morgan fingerprint density at radius 1 is 1.24 bits per heavy atom. The van der Waals surface area contributed by atoms with E-state index in [1.807, 2.05) is 29.1 Å². The number of hydrogen-bond donors (Lipinski definition) is 1.